The summed E-state index contributed by atoms with van der Waals surface area (Å²) in [5.41, 5.74) is 0. The summed E-state index contributed by atoms with van der Waals surface area (Å²) in [6.45, 7) is 2.75. The Hall–Kier alpha value is -0.620. The van der Waals surface area contributed by atoms with Gasteiger partial charge in [0.1, 0.15) is 0 Å². The molecule has 1 unspecified atom stereocenters. The van der Waals surface area contributed by atoms with Gasteiger partial charge in [-0.05, 0) is 6.07 Å². The number of hydrogen-bond donors (Lipinski definition) is 0. The summed E-state index contributed by atoms with van der Waals surface area (Å²) in [4.78, 5) is 14.7. The summed E-state index contributed by atoms with van der Waals surface area (Å²) in [5, 5.41) is 2.68. The van der Waals surface area contributed by atoms with Gasteiger partial charge in [-0.15, -0.1) is 11.3 Å². The first-order chi connectivity index (χ1) is 8.19. The predicted molar refractivity (Wildman–Crippen MR) is 66.4 cm³/mol. The Morgan fingerprint density at radius 1 is 1.76 bits per heavy atom. The first kappa shape index (κ1) is 12.8. The average molecular weight is 276 g/mol. The third kappa shape index (κ3) is 3.42. The molecule has 0 spiro atoms. The van der Waals surface area contributed by atoms with E-state index in [2.05, 4.69) is 9.64 Å². The van der Waals surface area contributed by atoms with Crippen LogP contribution in [0.25, 0.3) is 0 Å². The van der Waals surface area contributed by atoms with E-state index in [0.717, 1.165) is 18.1 Å². The fourth-order valence-corrected chi connectivity index (χ4v) is 2.89. The SMILES string of the molecule is COC(=O)C1CN(Cc2cc(Cl)cs2)CCO1. The standard InChI is InChI=1S/C11H14ClNO3S/c1-15-11(14)10-6-13(2-3-16-10)5-9-4-8(12)7-17-9/h4,7,10H,2-3,5-6H2,1H3. The van der Waals surface area contributed by atoms with E-state index in [-0.39, 0.29) is 5.97 Å². The van der Waals surface area contributed by atoms with Gasteiger partial charge in [0.05, 0.1) is 18.7 Å². The molecule has 0 aromatic carbocycles. The number of carbonyl (C=O) groups excluding carboxylic acids is 1. The maximum absolute atomic E-state index is 11.4. The van der Waals surface area contributed by atoms with E-state index in [9.17, 15) is 4.79 Å². The molecule has 6 heteroatoms. The highest BCUT2D eigenvalue weighted by atomic mass is 35.5. The number of ether oxygens (including phenoxy) is 2. The zero-order valence-electron chi connectivity index (χ0n) is 9.52. The lowest BCUT2D eigenvalue weighted by molar-refractivity contribution is -0.159. The van der Waals surface area contributed by atoms with Gasteiger partial charge in [-0.2, -0.15) is 0 Å². The van der Waals surface area contributed by atoms with Crippen molar-refractivity contribution < 1.29 is 14.3 Å². The van der Waals surface area contributed by atoms with Crippen molar-refractivity contribution in [2.24, 2.45) is 0 Å². The molecule has 1 atom stereocenters. The number of rotatable bonds is 3. The number of nitrogens with zero attached hydrogens (tertiary/aromatic N) is 1. The maximum Gasteiger partial charge on any atom is 0.336 e. The predicted octanol–water partition coefficient (Wildman–Crippen LogP) is 1.78. The number of carbonyl (C=O) groups is 1. The van der Waals surface area contributed by atoms with Gasteiger partial charge < -0.3 is 9.47 Å². The third-order valence-electron chi connectivity index (χ3n) is 2.62. The van der Waals surface area contributed by atoms with E-state index in [1.807, 2.05) is 11.4 Å². The molecule has 1 aliphatic heterocycles. The highest BCUT2D eigenvalue weighted by Gasteiger charge is 2.27. The molecule has 0 aliphatic carbocycles. The lowest BCUT2D eigenvalue weighted by Crippen LogP contribution is -2.45. The molecular weight excluding hydrogens is 262 g/mol. The molecule has 17 heavy (non-hydrogen) atoms. The Bertz CT molecular complexity index is 396. The van der Waals surface area contributed by atoms with Crippen LogP contribution in [0.15, 0.2) is 11.4 Å². The fourth-order valence-electron chi connectivity index (χ4n) is 1.78. The molecule has 0 saturated carbocycles. The van der Waals surface area contributed by atoms with E-state index in [4.69, 9.17) is 16.3 Å². The summed E-state index contributed by atoms with van der Waals surface area (Å²) in [7, 11) is 1.38. The molecule has 0 amide bonds. The van der Waals surface area contributed by atoms with Crippen molar-refractivity contribution in [1.29, 1.82) is 0 Å². The highest BCUT2D eigenvalue weighted by Crippen LogP contribution is 2.21. The van der Waals surface area contributed by atoms with Gasteiger partial charge in [0.25, 0.3) is 0 Å². The van der Waals surface area contributed by atoms with Crippen molar-refractivity contribution in [3.63, 3.8) is 0 Å². The van der Waals surface area contributed by atoms with E-state index < -0.39 is 6.10 Å². The molecule has 0 bridgehead atoms. The lowest BCUT2D eigenvalue weighted by Gasteiger charge is -2.30. The van der Waals surface area contributed by atoms with Gasteiger partial charge in [0, 0.05) is 29.9 Å². The van der Waals surface area contributed by atoms with Crippen LogP contribution < -0.4 is 0 Å². The molecule has 1 aromatic heterocycles. The normalized spacial score (nSPS) is 21.4. The van der Waals surface area contributed by atoms with Gasteiger partial charge in [0.15, 0.2) is 6.10 Å². The Morgan fingerprint density at radius 2 is 2.59 bits per heavy atom. The highest BCUT2D eigenvalue weighted by molar-refractivity contribution is 7.10. The Labute approximate surface area is 109 Å². The second kappa shape index (κ2) is 5.82. The van der Waals surface area contributed by atoms with Crippen molar-refractivity contribution in [3.8, 4) is 0 Å². The van der Waals surface area contributed by atoms with Crippen molar-refractivity contribution in [1.82, 2.24) is 4.90 Å². The Kier molecular flexibility index (Phi) is 4.39. The van der Waals surface area contributed by atoms with Crippen LogP contribution in [0.4, 0.5) is 0 Å². The number of hydrogen-bond acceptors (Lipinski definition) is 5. The largest absolute Gasteiger partial charge is 0.467 e. The molecule has 4 nitrogen and oxygen atoms in total. The zero-order chi connectivity index (χ0) is 12.3. The van der Waals surface area contributed by atoms with Gasteiger partial charge >= 0.3 is 5.97 Å². The van der Waals surface area contributed by atoms with Crippen LogP contribution in [0.3, 0.4) is 0 Å². The first-order valence-electron chi connectivity index (χ1n) is 5.33. The molecule has 1 fully saturated rings. The molecule has 0 radical (unpaired) electrons. The minimum absolute atomic E-state index is 0.307. The van der Waals surface area contributed by atoms with Crippen LogP contribution in [0.5, 0.6) is 0 Å². The quantitative estimate of drug-likeness (QED) is 0.788. The number of methoxy groups -OCH3 is 1. The van der Waals surface area contributed by atoms with Crippen molar-refractivity contribution in [2.45, 2.75) is 12.6 Å². The maximum atomic E-state index is 11.4. The fraction of sp³-hybridized carbons (Fsp3) is 0.545. The minimum atomic E-state index is -0.468. The average Bonchev–Trinajstić information content (AvgIpc) is 2.74. The van der Waals surface area contributed by atoms with Crippen molar-refractivity contribution >= 4 is 28.9 Å². The van der Waals surface area contributed by atoms with Crippen LogP contribution in [-0.2, 0) is 20.8 Å². The molecule has 1 aromatic rings. The topological polar surface area (TPSA) is 38.8 Å². The van der Waals surface area contributed by atoms with Crippen LogP contribution >= 0.6 is 22.9 Å². The zero-order valence-corrected chi connectivity index (χ0v) is 11.1. The van der Waals surface area contributed by atoms with E-state index >= 15 is 0 Å². The minimum Gasteiger partial charge on any atom is -0.467 e. The summed E-state index contributed by atoms with van der Waals surface area (Å²) in [5.74, 6) is -0.307. The first-order valence-corrected chi connectivity index (χ1v) is 6.59. The van der Waals surface area contributed by atoms with Gasteiger partial charge in [-0.25, -0.2) is 4.79 Å². The molecule has 94 valence electrons. The Balaban J connectivity index is 1.91. The van der Waals surface area contributed by atoms with Gasteiger partial charge in [-0.3, -0.25) is 4.90 Å². The molecule has 1 saturated heterocycles. The van der Waals surface area contributed by atoms with Crippen molar-refractivity contribution in [3.05, 3.63) is 21.3 Å². The van der Waals surface area contributed by atoms with Crippen LogP contribution in [0.2, 0.25) is 5.02 Å². The van der Waals surface area contributed by atoms with E-state index in [0.29, 0.717) is 13.2 Å². The monoisotopic (exact) mass is 275 g/mol. The second-order valence-electron chi connectivity index (χ2n) is 3.85. The summed E-state index contributed by atoms with van der Waals surface area (Å²) >= 11 is 7.50. The van der Waals surface area contributed by atoms with Crippen LogP contribution in [0.1, 0.15) is 4.88 Å². The second-order valence-corrected chi connectivity index (χ2v) is 5.28. The number of halogens is 1. The van der Waals surface area contributed by atoms with E-state index in [1.165, 1.54) is 12.0 Å². The smallest absolute Gasteiger partial charge is 0.336 e. The molecule has 1 aliphatic rings. The van der Waals surface area contributed by atoms with Crippen molar-refractivity contribution in [2.75, 3.05) is 26.8 Å². The lowest BCUT2D eigenvalue weighted by atomic mass is 10.2. The van der Waals surface area contributed by atoms with Crippen LogP contribution in [0, 0.1) is 0 Å². The molecule has 2 heterocycles. The van der Waals surface area contributed by atoms with Crippen LogP contribution in [-0.4, -0.2) is 43.8 Å². The third-order valence-corrected chi connectivity index (χ3v) is 3.88. The van der Waals surface area contributed by atoms with E-state index in [1.54, 1.807) is 11.3 Å². The summed E-state index contributed by atoms with van der Waals surface area (Å²) in [6.07, 6.45) is -0.468. The number of morpholine rings is 1. The van der Waals surface area contributed by atoms with Gasteiger partial charge in [-0.1, -0.05) is 11.6 Å². The number of thiophene rings is 1. The number of esters is 1. The summed E-state index contributed by atoms with van der Waals surface area (Å²) in [6, 6.07) is 1.95. The molecule has 2 rings (SSSR count). The Morgan fingerprint density at radius 3 is 3.24 bits per heavy atom. The molecule has 0 N–H and O–H groups in total. The summed E-state index contributed by atoms with van der Waals surface area (Å²) < 4.78 is 10.0. The molecular formula is C11H14ClNO3S. The van der Waals surface area contributed by atoms with Gasteiger partial charge in [0.2, 0.25) is 0 Å².